The van der Waals surface area contributed by atoms with Crippen LogP contribution in [-0.2, 0) is 13.0 Å². The lowest BCUT2D eigenvalue weighted by molar-refractivity contribution is 0.0786. The second kappa shape index (κ2) is 8.26. The molecular formula is C21H22F2N8O2. The highest BCUT2D eigenvalue weighted by Gasteiger charge is 2.20. The number of hydrogen-bond acceptors (Lipinski definition) is 7. The van der Waals surface area contributed by atoms with Crippen LogP contribution in [0.1, 0.15) is 35.6 Å². The quantitative estimate of drug-likeness (QED) is 0.442. The van der Waals surface area contributed by atoms with Crippen molar-refractivity contribution in [2.45, 2.75) is 32.2 Å². The number of unbranched alkanes of at least 4 members (excludes halogenated alkanes) is 1. The smallest absolute Gasteiger partial charge is 0.274 e. The van der Waals surface area contributed by atoms with E-state index in [9.17, 15) is 13.6 Å². The van der Waals surface area contributed by atoms with Gasteiger partial charge in [0.2, 0.25) is 11.8 Å². The summed E-state index contributed by atoms with van der Waals surface area (Å²) in [5.41, 5.74) is 6.46. The Morgan fingerprint density at radius 2 is 2.06 bits per heavy atom. The number of carbonyl (C=O) groups excluding carboxylic acids is 1. The summed E-state index contributed by atoms with van der Waals surface area (Å²) in [5.74, 6) is -0.623. The molecule has 1 amide bonds. The van der Waals surface area contributed by atoms with Gasteiger partial charge in [-0.1, -0.05) is 0 Å². The Kier molecular flexibility index (Phi) is 5.27. The van der Waals surface area contributed by atoms with Crippen LogP contribution in [-0.4, -0.2) is 60.4 Å². The molecule has 0 unspecified atom stereocenters. The van der Waals surface area contributed by atoms with E-state index in [1.54, 1.807) is 22.7 Å². The molecule has 4 aromatic rings. The summed E-state index contributed by atoms with van der Waals surface area (Å²) in [6, 6.07) is 3.59. The van der Waals surface area contributed by atoms with Gasteiger partial charge in [-0.15, -0.1) is 5.10 Å². The fourth-order valence-corrected chi connectivity index (χ4v) is 3.91. The van der Waals surface area contributed by atoms with Crippen molar-refractivity contribution < 1.29 is 18.3 Å². The van der Waals surface area contributed by atoms with Crippen molar-refractivity contribution in [3.63, 3.8) is 0 Å². The Morgan fingerprint density at radius 3 is 2.88 bits per heavy atom. The molecule has 0 atom stereocenters. The first-order valence-corrected chi connectivity index (χ1v) is 10.7. The maximum Gasteiger partial charge on any atom is 0.274 e. The van der Waals surface area contributed by atoms with Crippen LogP contribution in [0.15, 0.2) is 18.2 Å². The molecule has 3 aromatic heterocycles. The molecule has 1 aromatic carbocycles. The Morgan fingerprint density at radius 1 is 1.21 bits per heavy atom. The first-order chi connectivity index (χ1) is 15.9. The number of aryl methyl sites for hydroxylation is 2. The van der Waals surface area contributed by atoms with E-state index in [1.807, 2.05) is 0 Å². The number of halogens is 2. The molecule has 0 saturated carbocycles. The van der Waals surface area contributed by atoms with Gasteiger partial charge >= 0.3 is 0 Å². The van der Waals surface area contributed by atoms with Gasteiger partial charge in [-0.05, 0) is 18.9 Å². The molecule has 0 fully saturated rings. The standard InChI is InChI=1S/C21H22F2N8O2/c1-29(20(32)15-11-17-30(27-15)7-4-8-33-17)6-3-2-5-16-25-19-13-9-12(22)10-14(23)18(13)26-21(24)31(19)28-16/h9-11H,2-8H2,1H3,(H2,24,26). The molecule has 33 heavy (non-hydrogen) atoms. The Labute approximate surface area is 187 Å². The normalized spacial score (nSPS) is 13.3. The summed E-state index contributed by atoms with van der Waals surface area (Å²) in [4.78, 5) is 22.7. The molecule has 2 N–H and O–H groups in total. The van der Waals surface area contributed by atoms with Gasteiger partial charge in [-0.2, -0.15) is 9.61 Å². The molecule has 5 rings (SSSR count). The maximum absolute atomic E-state index is 14.1. The maximum atomic E-state index is 14.1. The molecule has 172 valence electrons. The van der Waals surface area contributed by atoms with Crippen molar-refractivity contribution in [2.75, 3.05) is 25.9 Å². The van der Waals surface area contributed by atoms with E-state index in [0.29, 0.717) is 49.8 Å². The Balaban J connectivity index is 1.23. The lowest BCUT2D eigenvalue weighted by Crippen LogP contribution is -2.28. The number of nitrogens with two attached hydrogens (primary N) is 1. The molecule has 10 nitrogen and oxygen atoms in total. The van der Waals surface area contributed by atoms with Crippen LogP contribution in [0.25, 0.3) is 16.6 Å². The lowest BCUT2D eigenvalue weighted by atomic mass is 10.2. The SMILES string of the molecule is CN(CCCCc1nc2c3cc(F)cc(F)c3nc(N)n2n1)C(=O)c1cc2n(n1)CCCO2. The summed E-state index contributed by atoms with van der Waals surface area (Å²) in [7, 11) is 1.73. The van der Waals surface area contributed by atoms with Crippen molar-refractivity contribution in [1.82, 2.24) is 34.3 Å². The van der Waals surface area contributed by atoms with Crippen molar-refractivity contribution in [2.24, 2.45) is 0 Å². The van der Waals surface area contributed by atoms with Crippen LogP contribution >= 0.6 is 0 Å². The monoisotopic (exact) mass is 456 g/mol. The molecule has 0 aliphatic carbocycles. The number of nitrogens with zero attached hydrogens (tertiary/aromatic N) is 7. The number of nitrogen functional groups attached to an aromatic ring is 1. The summed E-state index contributed by atoms with van der Waals surface area (Å²) in [5, 5.41) is 8.85. The third kappa shape index (κ3) is 3.92. The number of ether oxygens (including phenoxy) is 1. The average Bonchev–Trinajstić information content (AvgIpc) is 3.42. The van der Waals surface area contributed by atoms with Crippen molar-refractivity contribution in [3.05, 3.63) is 41.4 Å². The lowest BCUT2D eigenvalue weighted by Gasteiger charge is -2.15. The highest BCUT2D eigenvalue weighted by atomic mass is 19.1. The van der Waals surface area contributed by atoms with Crippen LogP contribution in [0.2, 0.25) is 0 Å². The zero-order valence-electron chi connectivity index (χ0n) is 18.0. The number of aromatic nitrogens is 6. The predicted molar refractivity (Wildman–Crippen MR) is 115 cm³/mol. The number of fused-ring (bicyclic) bond motifs is 4. The summed E-state index contributed by atoms with van der Waals surface area (Å²) < 4.78 is 36.3. The van der Waals surface area contributed by atoms with E-state index in [2.05, 4.69) is 20.2 Å². The number of amides is 1. The zero-order chi connectivity index (χ0) is 23.1. The summed E-state index contributed by atoms with van der Waals surface area (Å²) >= 11 is 0. The van der Waals surface area contributed by atoms with Gasteiger partial charge in [0.05, 0.1) is 12.0 Å². The third-order valence-corrected chi connectivity index (χ3v) is 5.58. The number of rotatable bonds is 6. The predicted octanol–water partition coefficient (Wildman–Crippen LogP) is 2.21. The van der Waals surface area contributed by atoms with Gasteiger partial charge in [0.15, 0.2) is 23.0 Å². The van der Waals surface area contributed by atoms with Gasteiger partial charge in [-0.3, -0.25) is 4.79 Å². The zero-order valence-corrected chi connectivity index (χ0v) is 18.0. The van der Waals surface area contributed by atoms with Crippen molar-refractivity contribution in [1.29, 1.82) is 0 Å². The first kappa shape index (κ1) is 21.0. The summed E-state index contributed by atoms with van der Waals surface area (Å²) in [6.45, 7) is 1.90. The number of anilines is 1. The van der Waals surface area contributed by atoms with E-state index in [1.165, 1.54) is 4.52 Å². The molecular weight excluding hydrogens is 434 g/mol. The molecule has 12 heteroatoms. The highest BCUT2D eigenvalue weighted by Crippen LogP contribution is 2.24. The van der Waals surface area contributed by atoms with Gasteiger partial charge < -0.3 is 15.4 Å². The topological polar surface area (TPSA) is 116 Å². The second-order valence-electron chi connectivity index (χ2n) is 7.99. The summed E-state index contributed by atoms with van der Waals surface area (Å²) in [6.07, 6.45) is 2.79. The number of hydrogen-bond donors (Lipinski definition) is 1. The fourth-order valence-electron chi connectivity index (χ4n) is 3.91. The van der Waals surface area contributed by atoms with E-state index in [4.69, 9.17) is 10.5 Å². The minimum atomic E-state index is -0.804. The fraction of sp³-hybridized carbons (Fsp3) is 0.381. The van der Waals surface area contributed by atoms with E-state index >= 15 is 0 Å². The van der Waals surface area contributed by atoms with Crippen LogP contribution in [0.3, 0.4) is 0 Å². The van der Waals surface area contributed by atoms with Crippen molar-refractivity contribution >= 4 is 28.4 Å². The highest BCUT2D eigenvalue weighted by molar-refractivity contribution is 5.93. The Bertz CT molecular complexity index is 1340. The third-order valence-electron chi connectivity index (χ3n) is 5.58. The van der Waals surface area contributed by atoms with Crippen LogP contribution < -0.4 is 10.5 Å². The van der Waals surface area contributed by atoms with Crippen LogP contribution in [0, 0.1) is 11.6 Å². The van der Waals surface area contributed by atoms with Crippen LogP contribution in [0.4, 0.5) is 14.7 Å². The molecule has 1 aliphatic heterocycles. The average molecular weight is 456 g/mol. The van der Waals surface area contributed by atoms with E-state index in [-0.39, 0.29) is 28.4 Å². The first-order valence-electron chi connectivity index (χ1n) is 10.7. The molecule has 1 aliphatic rings. The van der Waals surface area contributed by atoms with Crippen molar-refractivity contribution in [3.8, 4) is 5.88 Å². The molecule has 4 heterocycles. The van der Waals surface area contributed by atoms with Gasteiger partial charge in [0, 0.05) is 45.1 Å². The largest absolute Gasteiger partial charge is 0.478 e. The van der Waals surface area contributed by atoms with Gasteiger partial charge in [0.1, 0.15) is 11.3 Å². The molecule has 0 saturated heterocycles. The molecule has 0 radical (unpaired) electrons. The molecule has 0 spiro atoms. The Hall–Kier alpha value is -3.83. The van der Waals surface area contributed by atoms with E-state index in [0.717, 1.165) is 25.1 Å². The van der Waals surface area contributed by atoms with E-state index < -0.39 is 11.6 Å². The minimum absolute atomic E-state index is 0.0289. The number of carbonyl (C=O) groups is 1. The van der Waals surface area contributed by atoms with Crippen LogP contribution in [0.5, 0.6) is 5.88 Å². The van der Waals surface area contributed by atoms with Gasteiger partial charge in [-0.25, -0.2) is 23.4 Å². The second-order valence-corrected chi connectivity index (χ2v) is 7.99. The minimum Gasteiger partial charge on any atom is -0.478 e. The van der Waals surface area contributed by atoms with Gasteiger partial charge in [0.25, 0.3) is 5.91 Å². The number of benzene rings is 1. The molecule has 0 bridgehead atoms.